The summed E-state index contributed by atoms with van der Waals surface area (Å²) in [4.78, 5) is 34.1. The Bertz CT molecular complexity index is 358. The number of ether oxygens (including phenoxy) is 1. The van der Waals surface area contributed by atoms with E-state index < -0.39 is 29.6 Å². The summed E-state index contributed by atoms with van der Waals surface area (Å²) in [5.41, 5.74) is -1.15. The number of hydrogen-bond acceptors (Lipinski definition) is 4. The summed E-state index contributed by atoms with van der Waals surface area (Å²) in [6.07, 6.45) is 1.13. The number of hydrogen-bond donors (Lipinski definition) is 3. The van der Waals surface area contributed by atoms with Crippen molar-refractivity contribution in [3.63, 3.8) is 0 Å². The fraction of sp³-hybridized carbons (Fsp3) is 0.727. The number of carbonyl (C=O) groups excluding carboxylic acids is 3. The van der Waals surface area contributed by atoms with E-state index in [1.54, 1.807) is 13.8 Å². The first-order valence-electron chi connectivity index (χ1n) is 5.97. The van der Waals surface area contributed by atoms with E-state index >= 15 is 0 Å². The van der Waals surface area contributed by atoms with E-state index in [1.807, 2.05) is 6.92 Å². The van der Waals surface area contributed by atoms with Gasteiger partial charge in [0.25, 0.3) is 5.91 Å². The van der Waals surface area contributed by atoms with Crippen molar-refractivity contribution in [3.05, 3.63) is 0 Å². The molecule has 4 amide bonds. The van der Waals surface area contributed by atoms with Gasteiger partial charge in [0.05, 0.1) is 12.6 Å². The van der Waals surface area contributed by atoms with Gasteiger partial charge < -0.3 is 15.4 Å². The second-order valence-corrected chi connectivity index (χ2v) is 4.47. The van der Waals surface area contributed by atoms with Gasteiger partial charge in [0.2, 0.25) is 0 Å². The molecule has 0 aromatic rings. The van der Waals surface area contributed by atoms with Crippen LogP contribution in [0, 0.1) is 0 Å². The van der Waals surface area contributed by atoms with Crippen molar-refractivity contribution in [2.45, 2.75) is 45.2 Å². The van der Waals surface area contributed by atoms with Gasteiger partial charge in [-0.25, -0.2) is 9.59 Å². The van der Waals surface area contributed by atoms with Crippen molar-refractivity contribution in [3.8, 4) is 0 Å². The molecule has 0 aromatic carbocycles. The topological polar surface area (TPSA) is 96.5 Å². The molecule has 1 heterocycles. The number of carbonyl (C=O) groups is 3. The SMILES string of the molecule is CCCCOC(=O)N[C@H](C)C1(C)NC(=O)NC1=O. The average molecular weight is 257 g/mol. The molecule has 2 atom stereocenters. The Morgan fingerprint density at radius 3 is 2.67 bits per heavy atom. The van der Waals surface area contributed by atoms with Crippen LogP contribution in [0.3, 0.4) is 0 Å². The monoisotopic (exact) mass is 257 g/mol. The smallest absolute Gasteiger partial charge is 0.407 e. The van der Waals surface area contributed by atoms with Crippen molar-refractivity contribution < 1.29 is 19.1 Å². The first kappa shape index (κ1) is 14.3. The summed E-state index contributed by atoms with van der Waals surface area (Å²) in [6, 6.07) is -1.13. The molecule has 0 saturated carbocycles. The van der Waals surface area contributed by atoms with Gasteiger partial charge in [-0.05, 0) is 20.3 Å². The molecule has 3 N–H and O–H groups in total. The van der Waals surface area contributed by atoms with Crippen LogP contribution in [0.4, 0.5) is 9.59 Å². The maximum Gasteiger partial charge on any atom is 0.407 e. The highest BCUT2D eigenvalue weighted by Gasteiger charge is 2.46. The summed E-state index contributed by atoms with van der Waals surface area (Å²) in [7, 11) is 0. The molecule has 1 saturated heterocycles. The fourth-order valence-electron chi connectivity index (χ4n) is 1.53. The maximum absolute atomic E-state index is 11.6. The molecule has 0 spiro atoms. The molecule has 1 aliphatic rings. The van der Waals surface area contributed by atoms with Crippen molar-refractivity contribution in [1.29, 1.82) is 0 Å². The number of rotatable bonds is 5. The predicted octanol–water partition coefficient (Wildman–Crippen LogP) is 0.499. The van der Waals surface area contributed by atoms with Crippen molar-refractivity contribution >= 4 is 18.0 Å². The number of nitrogens with one attached hydrogen (secondary N) is 3. The largest absolute Gasteiger partial charge is 0.450 e. The van der Waals surface area contributed by atoms with Crippen molar-refractivity contribution in [1.82, 2.24) is 16.0 Å². The molecule has 18 heavy (non-hydrogen) atoms. The lowest BCUT2D eigenvalue weighted by molar-refractivity contribution is -0.124. The molecule has 7 heteroatoms. The molecule has 0 radical (unpaired) electrons. The van der Waals surface area contributed by atoms with Crippen LogP contribution in [0.5, 0.6) is 0 Å². The van der Waals surface area contributed by atoms with E-state index in [9.17, 15) is 14.4 Å². The summed E-state index contributed by atoms with van der Waals surface area (Å²) in [5, 5.41) is 7.15. The molecule has 1 rings (SSSR count). The molecule has 1 aliphatic heterocycles. The molecule has 7 nitrogen and oxygen atoms in total. The van der Waals surface area contributed by atoms with Gasteiger partial charge in [-0.2, -0.15) is 0 Å². The highest BCUT2D eigenvalue weighted by Crippen LogP contribution is 2.14. The maximum atomic E-state index is 11.6. The minimum Gasteiger partial charge on any atom is -0.450 e. The normalized spacial score (nSPS) is 24.2. The number of urea groups is 1. The second-order valence-electron chi connectivity index (χ2n) is 4.47. The van der Waals surface area contributed by atoms with Crippen molar-refractivity contribution in [2.75, 3.05) is 6.61 Å². The number of imide groups is 1. The number of amides is 4. The molecular formula is C11H19N3O4. The van der Waals surface area contributed by atoms with Gasteiger partial charge >= 0.3 is 12.1 Å². The third-order valence-corrected chi connectivity index (χ3v) is 3.00. The lowest BCUT2D eigenvalue weighted by Gasteiger charge is -2.28. The van der Waals surface area contributed by atoms with Crippen LogP contribution in [0.25, 0.3) is 0 Å². The zero-order valence-corrected chi connectivity index (χ0v) is 10.8. The van der Waals surface area contributed by atoms with Crippen LogP contribution >= 0.6 is 0 Å². The Morgan fingerprint density at radius 2 is 2.17 bits per heavy atom. The number of unbranched alkanes of at least 4 members (excludes halogenated alkanes) is 1. The van der Waals surface area contributed by atoms with Gasteiger partial charge in [-0.1, -0.05) is 13.3 Å². The van der Waals surface area contributed by atoms with Crippen LogP contribution in [0.15, 0.2) is 0 Å². The first-order valence-corrected chi connectivity index (χ1v) is 5.97. The molecule has 0 aliphatic carbocycles. The number of alkyl carbamates (subject to hydrolysis) is 1. The Hall–Kier alpha value is -1.79. The highest BCUT2D eigenvalue weighted by molar-refractivity contribution is 6.07. The Kier molecular flexibility index (Phi) is 4.52. The highest BCUT2D eigenvalue weighted by atomic mass is 16.5. The molecule has 0 aromatic heterocycles. The lowest BCUT2D eigenvalue weighted by Crippen LogP contribution is -2.59. The molecule has 1 fully saturated rings. The van der Waals surface area contributed by atoms with Crippen LogP contribution in [-0.4, -0.2) is 36.2 Å². The summed E-state index contributed by atoms with van der Waals surface area (Å²) < 4.78 is 4.93. The van der Waals surface area contributed by atoms with Gasteiger partial charge in [0.15, 0.2) is 0 Å². The third kappa shape index (κ3) is 3.12. The van der Waals surface area contributed by atoms with Crippen LogP contribution in [-0.2, 0) is 9.53 Å². The van der Waals surface area contributed by atoms with Gasteiger partial charge in [-0.3, -0.25) is 10.1 Å². The van der Waals surface area contributed by atoms with Gasteiger partial charge in [0.1, 0.15) is 5.54 Å². The van der Waals surface area contributed by atoms with E-state index in [0.29, 0.717) is 6.61 Å². The first-order chi connectivity index (χ1) is 8.40. The standard InChI is InChI=1S/C11H19N3O4/c1-4-5-6-18-10(17)12-7(2)11(3)8(15)13-9(16)14-11/h7H,4-6H2,1-3H3,(H,12,17)(H2,13,14,15,16)/t7-,11?/m1/s1. The average Bonchev–Trinajstić information content (AvgIpc) is 2.54. The van der Waals surface area contributed by atoms with E-state index in [2.05, 4.69) is 16.0 Å². The predicted molar refractivity (Wildman–Crippen MR) is 63.9 cm³/mol. The molecular weight excluding hydrogens is 238 g/mol. The Balaban J connectivity index is 2.49. The van der Waals surface area contributed by atoms with Crippen LogP contribution in [0.1, 0.15) is 33.6 Å². The van der Waals surface area contributed by atoms with Crippen LogP contribution in [0.2, 0.25) is 0 Å². The van der Waals surface area contributed by atoms with E-state index in [0.717, 1.165) is 12.8 Å². The van der Waals surface area contributed by atoms with Crippen LogP contribution < -0.4 is 16.0 Å². The Morgan fingerprint density at radius 1 is 1.50 bits per heavy atom. The quantitative estimate of drug-likeness (QED) is 0.493. The van der Waals surface area contributed by atoms with E-state index in [1.165, 1.54) is 0 Å². The van der Waals surface area contributed by atoms with Crippen molar-refractivity contribution in [2.24, 2.45) is 0 Å². The van der Waals surface area contributed by atoms with Gasteiger partial charge in [-0.15, -0.1) is 0 Å². The zero-order chi connectivity index (χ0) is 13.8. The summed E-state index contributed by atoms with van der Waals surface area (Å²) in [6.45, 7) is 5.50. The summed E-state index contributed by atoms with van der Waals surface area (Å²) in [5.74, 6) is -0.464. The second kappa shape index (κ2) is 5.70. The zero-order valence-electron chi connectivity index (χ0n) is 10.8. The molecule has 102 valence electrons. The van der Waals surface area contributed by atoms with Gasteiger partial charge in [0, 0.05) is 0 Å². The summed E-state index contributed by atoms with van der Waals surface area (Å²) >= 11 is 0. The fourth-order valence-corrected chi connectivity index (χ4v) is 1.53. The Labute approximate surface area is 106 Å². The third-order valence-electron chi connectivity index (χ3n) is 3.00. The lowest BCUT2D eigenvalue weighted by atomic mass is 9.94. The van der Waals surface area contributed by atoms with E-state index in [4.69, 9.17) is 4.74 Å². The minimum atomic E-state index is -1.15. The van der Waals surface area contributed by atoms with E-state index in [-0.39, 0.29) is 0 Å². The molecule has 1 unspecified atom stereocenters. The minimum absolute atomic E-state index is 0.338. The molecule has 0 bridgehead atoms.